The number of hydrogen-bond acceptors (Lipinski definition) is 0. The molecule has 0 heterocycles. The summed E-state index contributed by atoms with van der Waals surface area (Å²) in [6, 6.07) is 8.88. The monoisotopic (exact) mass is 163 g/mol. The van der Waals surface area contributed by atoms with Gasteiger partial charge in [0.15, 0.2) is 0 Å². The van der Waals surface area contributed by atoms with Crippen LogP contribution in [0, 0.1) is 0 Å². The van der Waals surface area contributed by atoms with Gasteiger partial charge < -0.3 is 0 Å². The van der Waals surface area contributed by atoms with Gasteiger partial charge in [0.1, 0.15) is 0 Å². The quantitative estimate of drug-likeness (QED) is 0.617. The maximum Gasteiger partial charge on any atom is 1.00 e. The zero-order chi connectivity index (χ0) is 9.14. The van der Waals surface area contributed by atoms with Crippen LogP contribution in [0.5, 0.6) is 0 Å². The van der Waals surface area contributed by atoms with Crippen LogP contribution >= 0.6 is 0 Å². The van der Waals surface area contributed by atoms with Crippen molar-refractivity contribution in [3.63, 3.8) is 0 Å². The minimum Gasteiger partial charge on any atom is -0.0617 e. The number of benzene rings is 1. The summed E-state index contributed by atoms with van der Waals surface area (Å²) in [5, 5.41) is 0. The van der Waals surface area contributed by atoms with E-state index in [-0.39, 0.29) is 1.43 Å². The average molecular weight is 163 g/mol. The van der Waals surface area contributed by atoms with Gasteiger partial charge >= 0.3 is 1.43 Å². The Hall–Kier alpha value is -0.780. The highest BCUT2D eigenvalue weighted by atomic mass is 14.1. The lowest BCUT2D eigenvalue weighted by Gasteiger charge is -2.09. The molecule has 1 rings (SSSR count). The molecule has 0 atom stereocenters. The third kappa shape index (κ3) is 2.10. The van der Waals surface area contributed by atoms with Gasteiger partial charge in [-0.1, -0.05) is 52.0 Å². The maximum atomic E-state index is 2.31. The van der Waals surface area contributed by atoms with Gasteiger partial charge in [-0.05, 0) is 23.0 Å². The van der Waals surface area contributed by atoms with Gasteiger partial charge in [-0.2, -0.15) is 0 Å². The summed E-state index contributed by atoms with van der Waals surface area (Å²) < 4.78 is 0. The Labute approximate surface area is 77.1 Å². The Morgan fingerprint density at radius 2 is 1.33 bits per heavy atom. The van der Waals surface area contributed by atoms with E-state index in [2.05, 4.69) is 52.0 Å². The normalized spacial score (nSPS) is 11.2. The predicted octanol–water partition coefficient (Wildman–Crippen LogP) is 4.05. The summed E-state index contributed by atoms with van der Waals surface area (Å²) in [4.78, 5) is 0. The first-order valence-electron chi connectivity index (χ1n) is 4.71. The van der Waals surface area contributed by atoms with Gasteiger partial charge in [-0.3, -0.25) is 0 Å². The molecule has 0 N–H and O–H groups in total. The minimum absolute atomic E-state index is 0. The molecular weight excluding hydrogens is 144 g/mol. The minimum atomic E-state index is 0. The van der Waals surface area contributed by atoms with Crippen molar-refractivity contribution in [3.8, 4) is 0 Å². The van der Waals surface area contributed by atoms with Gasteiger partial charge in [0, 0.05) is 0 Å². The molecule has 0 aromatic heterocycles. The van der Waals surface area contributed by atoms with Gasteiger partial charge in [0.05, 0.1) is 0 Å². The number of hydrogen-bond donors (Lipinski definition) is 0. The summed E-state index contributed by atoms with van der Waals surface area (Å²) in [5.41, 5.74) is 2.89. The zero-order valence-electron chi connectivity index (χ0n) is 9.46. The van der Waals surface area contributed by atoms with Gasteiger partial charge in [0.25, 0.3) is 0 Å². The van der Waals surface area contributed by atoms with E-state index in [4.69, 9.17) is 0 Å². The molecule has 0 nitrogen and oxygen atoms in total. The summed E-state index contributed by atoms with van der Waals surface area (Å²) in [5.74, 6) is 1.28. The summed E-state index contributed by atoms with van der Waals surface area (Å²) in [7, 11) is 0. The molecule has 0 amide bonds. The fourth-order valence-corrected chi connectivity index (χ4v) is 1.28. The van der Waals surface area contributed by atoms with Crippen molar-refractivity contribution >= 4 is 0 Å². The molecule has 66 valence electrons. The van der Waals surface area contributed by atoms with Crippen LogP contribution in [0.1, 0.15) is 52.1 Å². The first-order valence-corrected chi connectivity index (χ1v) is 4.71. The largest absolute Gasteiger partial charge is 1.00 e. The zero-order valence-corrected chi connectivity index (χ0v) is 8.46. The van der Waals surface area contributed by atoms with Gasteiger partial charge in [-0.25, -0.2) is 0 Å². The molecule has 0 unspecified atom stereocenters. The van der Waals surface area contributed by atoms with E-state index in [1.165, 1.54) is 11.1 Å². The molecule has 0 aliphatic rings. The molecule has 0 fully saturated rings. The molecule has 0 bridgehead atoms. The predicted molar refractivity (Wildman–Crippen MR) is 55.7 cm³/mol. The molecule has 0 aliphatic carbocycles. The molecule has 0 aliphatic heterocycles. The van der Waals surface area contributed by atoms with Crippen LogP contribution in [-0.2, 0) is 0 Å². The Morgan fingerprint density at radius 3 is 1.67 bits per heavy atom. The van der Waals surface area contributed by atoms with Crippen molar-refractivity contribution < 1.29 is 1.43 Å². The van der Waals surface area contributed by atoms with E-state index in [1.54, 1.807) is 0 Å². The first-order chi connectivity index (χ1) is 5.61. The second-order valence-corrected chi connectivity index (χ2v) is 3.98. The maximum absolute atomic E-state index is 2.31. The van der Waals surface area contributed by atoms with E-state index in [0.29, 0.717) is 11.8 Å². The van der Waals surface area contributed by atoms with E-state index in [9.17, 15) is 0 Å². The SMILES string of the molecule is CC(C)c1cccc(C(C)C)c1.[H+]. The van der Waals surface area contributed by atoms with Crippen LogP contribution in [0.4, 0.5) is 0 Å². The van der Waals surface area contributed by atoms with E-state index in [1.807, 2.05) is 0 Å². The Bertz CT molecular complexity index is 228. The highest BCUT2D eigenvalue weighted by Crippen LogP contribution is 2.20. The summed E-state index contributed by atoms with van der Waals surface area (Å²) >= 11 is 0. The van der Waals surface area contributed by atoms with Crippen LogP contribution < -0.4 is 0 Å². The van der Waals surface area contributed by atoms with E-state index >= 15 is 0 Å². The third-order valence-electron chi connectivity index (χ3n) is 2.24. The molecule has 1 aromatic rings. The van der Waals surface area contributed by atoms with Crippen LogP contribution in [0.25, 0.3) is 0 Å². The van der Waals surface area contributed by atoms with Crippen molar-refractivity contribution in [1.29, 1.82) is 0 Å². The Morgan fingerprint density at radius 1 is 0.917 bits per heavy atom. The molecule has 0 heteroatoms. The molecule has 0 radical (unpaired) electrons. The standard InChI is InChI=1S/C12H18/c1-9(2)11-6-5-7-12(8-11)10(3)4/h5-10H,1-4H3/p+1. The van der Waals surface area contributed by atoms with Crippen molar-refractivity contribution in [1.82, 2.24) is 0 Å². The molecule has 1 aromatic carbocycles. The van der Waals surface area contributed by atoms with Crippen molar-refractivity contribution in [2.24, 2.45) is 0 Å². The first kappa shape index (κ1) is 9.31. The topological polar surface area (TPSA) is 0 Å². The van der Waals surface area contributed by atoms with Crippen LogP contribution in [0.15, 0.2) is 24.3 Å². The van der Waals surface area contributed by atoms with E-state index < -0.39 is 0 Å². The van der Waals surface area contributed by atoms with Crippen molar-refractivity contribution in [3.05, 3.63) is 35.4 Å². The van der Waals surface area contributed by atoms with Crippen LogP contribution in [0.3, 0.4) is 0 Å². The van der Waals surface area contributed by atoms with Gasteiger partial charge in [-0.15, -0.1) is 0 Å². The highest BCUT2D eigenvalue weighted by Gasteiger charge is 2.02. The van der Waals surface area contributed by atoms with Crippen molar-refractivity contribution in [2.75, 3.05) is 0 Å². The molecular formula is C12H19+. The number of rotatable bonds is 2. The average Bonchev–Trinajstić information content (AvgIpc) is 2.04. The Kier molecular flexibility index (Phi) is 2.91. The van der Waals surface area contributed by atoms with Crippen molar-refractivity contribution in [2.45, 2.75) is 39.5 Å². The summed E-state index contributed by atoms with van der Waals surface area (Å²) in [6.07, 6.45) is 0. The molecule has 12 heavy (non-hydrogen) atoms. The fourth-order valence-electron chi connectivity index (χ4n) is 1.28. The molecule has 0 spiro atoms. The Balaban J connectivity index is 0.00000144. The van der Waals surface area contributed by atoms with Crippen LogP contribution in [0.2, 0.25) is 0 Å². The third-order valence-corrected chi connectivity index (χ3v) is 2.24. The molecule has 0 saturated carbocycles. The van der Waals surface area contributed by atoms with E-state index in [0.717, 1.165) is 0 Å². The molecule has 0 saturated heterocycles. The highest BCUT2D eigenvalue weighted by molar-refractivity contribution is 5.27. The smallest absolute Gasteiger partial charge is 0.0617 e. The lowest BCUT2D eigenvalue weighted by Crippen LogP contribution is -1.91. The lowest BCUT2D eigenvalue weighted by molar-refractivity contribution is 0.834. The van der Waals surface area contributed by atoms with Gasteiger partial charge in [0.2, 0.25) is 0 Å². The van der Waals surface area contributed by atoms with Crippen LogP contribution in [-0.4, -0.2) is 0 Å². The summed E-state index contributed by atoms with van der Waals surface area (Å²) in [6.45, 7) is 8.94. The second kappa shape index (κ2) is 3.75. The lowest BCUT2D eigenvalue weighted by atomic mass is 9.96. The second-order valence-electron chi connectivity index (χ2n) is 3.98. The fraction of sp³-hybridized carbons (Fsp3) is 0.500.